The van der Waals surface area contributed by atoms with Gasteiger partial charge in [0.05, 0.1) is 20.6 Å². The molecule has 2 heterocycles. The van der Waals surface area contributed by atoms with Crippen LogP contribution in [0.5, 0.6) is 5.75 Å². The third-order valence-electron chi connectivity index (χ3n) is 4.80. The quantitative estimate of drug-likeness (QED) is 0.349. The predicted octanol–water partition coefficient (Wildman–Crippen LogP) is 5.48. The lowest BCUT2D eigenvalue weighted by atomic mass is 10.2. The Morgan fingerprint density at radius 3 is 2.71 bits per heavy atom. The monoisotopic (exact) mass is 470 g/mol. The van der Waals surface area contributed by atoms with Crippen molar-refractivity contribution in [2.45, 2.75) is 6.61 Å². The molecular weight excluding hydrogens is 458 g/mol. The number of aromatic nitrogens is 2. The second-order valence-electron chi connectivity index (χ2n) is 6.82. The van der Waals surface area contributed by atoms with Crippen LogP contribution in [-0.4, -0.2) is 9.38 Å². The Morgan fingerprint density at radius 2 is 1.87 bits per heavy atom. The number of benzene rings is 3. The van der Waals surface area contributed by atoms with E-state index in [4.69, 9.17) is 27.9 Å². The molecule has 0 saturated heterocycles. The molecule has 0 radical (unpaired) electrons. The maximum absolute atomic E-state index is 14.0. The molecule has 0 amide bonds. The fourth-order valence-corrected chi connectivity index (χ4v) is 4.90. The molecule has 4 nitrogen and oxygen atoms in total. The van der Waals surface area contributed by atoms with Gasteiger partial charge in [-0.05, 0) is 36.4 Å². The van der Waals surface area contributed by atoms with Gasteiger partial charge in [-0.1, -0.05) is 64.9 Å². The Morgan fingerprint density at radius 1 is 1.10 bits per heavy atom. The Hall–Kier alpha value is -2.93. The van der Waals surface area contributed by atoms with E-state index in [9.17, 15) is 9.18 Å². The van der Waals surface area contributed by atoms with Gasteiger partial charge in [0.15, 0.2) is 4.96 Å². The minimum absolute atomic E-state index is 0.0164. The van der Waals surface area contributed by atoms with Crippen molar-refractivity contribution < 1.29 is 9.13 Å². The van der Waals surface area contributed by atoms with Gasteiger partial charge in [-0.15, -0.1) is 0 Å². The second-order valence-corrected chi connectivity index (χ2v) is 8.67. The third-order valence-corrected chi connectivity index (χ3v) is 6.27. The molecule has 0 saturated carbocycles. The fourth-order valence-electron chi connectivity index (χ4n) is 3.36. The molecule has 5 aromatic rings. The normalized spacial score (nSPS) is 12.2. The van der Waals surface area contributed by atoms with Crippen LogP contribution in [0.4, 0.5) is 4.39 Å². The van der Waals surface area contributed by atoms with E-state index >= 15 is 0 Å². The summed E-state index contributed by atoms with van der Waals surface area (Å²) in [5.74, 6) is -0.0454. The highest BCUT2D eigenvalue weighted by atomic mass is 35.5. The number of hydrogen-bond acceptors (Lipinski definition) is 4. The molecule has 0 bridgehead atoms. The van der Waals surface area contributed by atoms with Crippen molar-refractivity contribution in [2.24, 2.45) is 0 Å². The number of para-hydroxylation sites is 2. The van der Waals surface area contributed by atoms with Gasteiger partial charge < -0.3 is 4.74 Å². The number of nitrogens with zero attached hydrogens (tertiary/aromatic N) is 2. The summed E-state index contributed by atoms with van der Waals surface area (Å²) in [5.41, 5.74) is 2.24. The van der Waals surface area contributed by atoms with E-state index in [-0.39, 0.29) is 23.0 Å². The van der Waals surface area contributed by atoms with Crippen LogP contribution < -0.4 is 14.8 Å². The van der Waals surface area contributed by atoms with Crippen LogP contribution in [-0.2, 0) is 6.61 Å². The molecule has 0 N–H and O–H groups in total. The average molecular weight is 471 g/mol. The molecule has 0 aliphatic carbocycles. The number of fused-ring (bicyclic) bond motifs is 3. The van der Waals surface area contributed by atoms with E-state index < -0.39 is 0 Å². The molecule has 3 aromatic carbocycles. The number of thiazole rings is 1. The van der Waals surface area contributed by atoms with Crippen LogP contribution in [0.15, 0.2) is 65.5 Å². The van der Waals surface area contributed by atoms with Gasteiger partial charge in [0, 0.05) is 16.1 Å². The first-order valence-corrected chi connectivity index (χ1v) is 10.9. The highest BCUT2D eigenvalue weighted by molar-refractivity contribution is 7.15. The predicted molar refractivity (Wildman–Crippen MR) is 123 cm³/mol. The zero-order valence-electron chi connectivity index (χ0n) is 15.8. The summed E-state index contributed by atoms with van der Waals surface area (Å²) in [6.07, 6.45) is 1.67. The molecule has 0 unspecified atom stereocenters. The maximum atomic E-state index is 14.0. The lowest BCUT2D eigenvalue weighted by Crippen LogP contribution is -2.22. The van der Waals surface area contributed by atoms with Crippen LogP contribution in [0.2, 0.25) is 10.0 Å². The largest absolute Gasteiger partial charge is 0.487 e. The molecule has 2 aromatic heterocycles. The van der Waals surface area contributed by atoms with E-state index in [0.29, 0.717) is 31.4 Å². The Bertz CT molecular complexity index is 1560. The Kier molecular flexibility index (Phi) is 5.14. The topological polar surface area (TPSA) is 43.6 Å². The summed E-state index contributed by atoms with van der Waals surface area (Å²) in [6, 6.07) is 17.0. The molecule has 0 spiro atoms. The lowest BCUT2D eigenvalue weighted by Gasteiger charge is -2.12. The van der Waals surface area contributed by atoms with Crippen molar-refractivity contribution in [3.63, 3.8) is 0 Å². The first-order chi connectivity index (χ1) is 15.0. The van der Waals surface area contributed by atoms with E-state index in [0.717, 1.165) is 11.0 Å². The number of ether oxygens (including phenoxy) is 1. The minimum Gasteiger partial charge on any atom is -0.487 e. The zero-order chi connectivity index (χ0) is 21.5. The summed E-state index contributed by atoms with van der Waals surface area (Å²) in [7, 11) is 0. The summed E-state index contributed by atoms with van der Waals surface area (Å²) in [6.45, 7) is -0.0164. The van der Waals surface area contributed by atoms with Gasteiger partial charge in [-0.25, -0.2) is 13.8 Å². The molecule has 31 heavy (non-hydrogen) atoms. The number of hydrogen-bond donors (Lipinski definition) is 0. The van der Waals surface area contributed by atoms with Gasteiger partial charge in [0.1, 0.15) is 18.2 Å². The van der Waals surface area contributed by atoms with Crippen LogP contribution in [0.1, 0.15) is 11.1 Å². The van der Waals surface area contributed by atoms with Gasteiger partial charge in [-0.2, -0.15) is 0 Å². The number of rotatable bonds is 4. The maximum Gasteiger partial charge on any atom is 0.274 e. The van der Waals surface area contributed by atoms with E-state index in [2.05, 4.69) is 4.98 Å². The van der Waals surface area contributed by atoms with Crippen LogP contribution >= 0.6 is 34.5 Å². The fraction of sp³-hybridized carbons (Fsp3) is 0.0435. The molecule has 154 valence electrons. The van der Waals surface area contributed by atoms with Crippen LogP contribution in [0.25, 0.3) is 22.1 Å². The van der Waals surface area contributed by atoms with E-state index in [1.807, 2.05) is 24.3 Å². The number of imidazole rings is 1. The second kappa shape index (κ2) is 7.96. The van der Waals surface area contributed by atoms with Crippen molar-refractivity contribution >= 4 is 56.6 Å². The first-order valence-electron chi connectivity index (χ1n) is 9.28. The highest BCUT2D eigenvalue weighted by Crippen LogP contribution is 2.34. The van der Waals surface area contributed by atoms with Gasteiger partial charge in [0.25, 0.3) is 5.56 Å². The minimum atomic E-state index is -0.369. The van der Waals surface area contributed by atoms with E-state index in [1.54, 1.807) is 40.8 Å². The molecule has 0 aliphatic heterocycles. The van der Waals surface area contributed by atoms with Gasteiger partial charge >= 0.3 is 0 Å². The zero-order valence-corrected chi connectivity index (χ0v) is 18.1. The summed E-state index contributed by atoms with van der Waals surface area (Å²) < 4.78 is 21.9. The van der Waals surface area contributed by atoms with Crippen molar-refractivity contribution in [1.29, 1.82) is 0 Å². The average Bonchev–Trinajstić information content (AvgIpc) is 3.25. The van der Waals surface area contributed by atoms with Crippen LogP contribution in [0.3, 0.4) is 0 Å². The van der Waals surface area contributed by atoms with Crippen molar-refractivity contribution in [3.05, 3.63) is 103 Å². The van der Waals surface area contributed by atoms with Crippen molar-refractivity contribution in [2.75, 3.05) is 0 Å². The number of halogens is 3. The first kappa shape index (κ1) is 20.0. The van der Waals surface area contributed by atoms with E-state index in [1.165, 1.54) is 17.4 Å². The van der Waals surface area contributed by atoms with Gasteiger partial charge in [-0.3, -0.25) is 4.79 Å². The Labute approximate surface area is 189 Å². The smallest absolute Gasteiger partial charge is 0.274 e. The lowest BCUT2D eigenvalue weighted by molar-refractivity contribution is 0.299. The van der Waals surface area contributed by atoms with Gasteiger partial charge in [0.2, 0.25) is 0 Å². The van der Waals surface area contributed by atoms with Crippen molar-refractivity contribution in [1.82, 2.24) is 9.38 Å². The SMILES string of the molecule is O=c1c(=Cc2cc(Cl)cc(Cl)c2OCc2ccccc2F)sc2nc3ccccc3n12. The standard InChI is InChI=1S/C23H13Cl2FN2O2S/c24-15-9-14(21(16(25)11-15)30-12-13-5-1-2-6-17(13)26)10-20-22(29)28-19-8-4-3-7-18(19)27-23(28)31-20/h1-11H,12H2. The molecule has 5 rings (SSSR count). The molecule has 0 fully saturated rings. The van der Waals surface area contributed by atoms with Crippen LogP contribution in [0, 0.1) is 5.82 Å². The molecule has 0 atom stereocenters. The highest BCUT2D eigenvalue weighted by Gasteiger charge is 2.14. The summed E-state index contributed by atoms with van der Waals surface area (Å²) in [4.78, 5) is 18.2. The molecule has 0 aliphatic rings. The summed E-state index contributed by atoms with van der Waals surface area (Å²) in [5, 5.41) is 0.669. The third kappa shape index (κ3) is 3.67. The molecule has 8 heteroatoms. The Balaban J connectivity index is 1.62. The molecular formula is C23H13Cl2FN2O2S. The van der Waals surface area contributed by atoms with Crippen molar-refractivity contribution in [3.8, 4) is 5.75 Å². The summed E-state index contributed by atoms with van der Waals surface area (Å²) >= 11 is 13.8.